The van der Waals surface area contributed by atoms with Crippen molar-refractivity contribution in [2.75, 3.05) is 24.1 Å². The molecule has 0 saturated carbocycles. The molecule has 4 nitrogen and oxygen atoms in total. The first-order valence-corrected chi connectivity index (χ1v) is 7.19. The Kier molecular flexibility index (Phi) is 5.43. The molecule has 0 aliphatic heterocycles. The lowest BCUT2D eigenvalue weighted by Crippen LogP contribution is -2.30. The molecule has 0 fully saturated rings. The average molecular weight is 277 g/mol. The minimum absolute atomic E-state index is 0.0719. The third-order valence-electron chi connectivity index (χ3n) is 3.92. The Morgan fingerprint density at radius 2 is 2.00 bits per heavy atom. The van der Waals surface area contributed by atoms with Crippen LogP contribution in [0.15, 0.2) is 18.2 Å². The summed E-state index contributed by atoms with van der Waals surface area (Å²) in [4.78, 5) is 12.0. The van der Waals surface area contributed by atoms with E-state index in [1.54, 1.807) is 12.1 Å². The second kappa shape index (κ2) is 6.64. The molecule has 0 heterocycles. The molecule has 1 amide bonds. The number of hydrogen-bond donors (Lipinski definition) is 3. The molecule has 112 valence electrons. The van der Waals surface area contributed by atoms with E-state index in [1.165, 1.54) is 0 Å². The first-order valence-electron chi connectivity index (χ1n) is 7.19. The van der Waals surface area contributed by atoms with Crippen molar-refractivity contribution in [2.45, 2.75) is 34.6 Å². The zero-order valence-corrected chi connectivity index (χ0v) is 13.2. The summed E-state index contributed by atoms with van der Waals surface area (Å²) in [6.45, 7) is 12.1. The molecule has 0 bridgehead atoms. The highest BCUT2D eigenvalue weighted by atomic mass is 16.1. The second-order valence-electron chi connectivity index (χ2n) is 6.16. The Balaban J connectivity index is 2.93. The van der Waals surface area contributed by atoms with Gasteiger partial charge in [-0.3, -0.25) is 4.79 Å². The Morgan fingerprint density at radius 1 is 1.35 bits per heavy atom. The summed E-state index contributed by atoms with van der Waals surface area (Å²) in [5.41, 5.74) is 8.06. The summed E-state index contributed by atoms with van der Waals surface area (Å²) < 4.78 is 0. The topological polar surface area (TPSA) is 67.2 Å². The number of carbonyl (C=O) groups is 1. The van der Waals surface area contributed by atoms with Crippen LogP contribution in [0.3, 0.4) is 0 Å². The first-order chi connectivity index (χ1) is 9.27. The summed E-state index contributed by atoms with van der Waals surface area (Å²) >= 11 is 0. The van der Waals surface area contributed by atoms with E-state index in [4.69, 9.17) is 5.73 Å². The van der Waals surface area contributed by atoms with E-state index >= 15 is 0 Å². The molecule has 0 radical (unpaired) electrons. The zero-order chi connectivity index (χ0) is 15.3. The van der Waals surface area contributed by atoms with Crippen LogP contribution in [0.1, 0.15) is 45.0 Å². The summed E-state index contributed by atoms with van der Waals surface area (Å²) in [7, 11) is 0. The molecule has 4 N–H and O–H groups in total. The van der Waals surface area contributed by atoms with Gasteiger partial charge in [-0.2, -0.15) is 0 Å². The number of carbonyl (C=O) groups excluding carboxylic acids is 1. The van der Waals surface area contributed by atoms with E-state index in [-0.39, 0.29) is 11.3 Å². The fourth-order valence-corrected chi connectivity index (χ4v) is 1.69. The molecule has 0 aliphatic carbocycles. The van der Waals surface area contributed by atoms with Crippen molar-refractivity contribution in [2.24, 2.45) is 11.3 Å². The Morgan fingerprint density at radius 3 is 2.55 bits per heavy atom. The van der Waals surface area contributed by atoms with Crippen LogP contribution in [0.4, 0.5) is 11.4 Å². The molecule has 1 aromatic carbocycles. The highest BCUT2D eigenvalue weighted by molar-refractivity contribution is 6.00. The van der Waals surface area contributed by atoms with Crippen molar-refractivity contribution in [1.29, 1.82) is 0 Å². The van der Waals surface area contributed by atoms with E-state index in [0.29, 0.717) is 23.7 Å². The maximum absolute atomic E-state index is 12.0. The predicted octanol–water partition coefficient (Wildman–Crippen LogP) is 3.11. The Hall–Kier alpha value is -1.71. The number of anilines is 2. The van der Waals surface area contributed by atoms with Gasteiger partial charge in [0.25, 0.3) is 5.91 Å². The van der Waals surface area contributed by atoms with Crippen molar-refractivity contribution in [3.63, 3.8) is 0 Å². The molecule has 1 rings (SSSR count). The molecule has 0 saturated heterocycles. The van der Waals surface area contributed by atoms with Gasteiger partial charge in [0, 0.05) is 24.5 Å². The SMILES string of the molecule is CCNC(=O)c1ccc(N)cc1NCC(C)(C)C(C)C. The van der Waals surface area contributed by atoms with Crippen LogP contribution < -0.4 is 16.4 Å². The summed E-state index contributed by atoms with van der Waals surface area (Å²) in [5.74, 6) is 0.473. The summed E-state index contributed by atoms with van der Waals surface area (Å²) in [6, 6.07) is 5.34. The van der Waals surface area contributed by atoms with Crippen molar-refractivity contribution >= 4 is 17.3 Å². The van der Waals surface area contributed by atoms with E-state index in [9.17, 15) is 4.79 Å². The average Bonchev–Trinajstić information content (AvgIpc) is 2.36. The lowest BCUT2D eigenvalue weighted by atomic mass is 9.81. The summed E-state index contributed by atoms with van der Waals surface area (Å²) in [6.07, 6.45) is 0. The fraction of sp³-hybridized carbons (Fsp3) is 0.562. The van der Waals surface area contributed by atoms with Crippen LogP contribution in [0.25, 0.3) is 0 Å². The van der Waals surface area contributed by atoms with Gasteiger partial charge in [0.1, 0.15) is 0 Å². The molecular weight excluding hydrogens is 250 g/mol. The highest BCUT2D eigenvalue weighted by Gasteiger charge is 2.22. The third kappa shape index (κ3) is 4.15. The maximum Gasteiger partial charge on any atom is 0.253 e. The number of nitrogens with one attached hydrogen (secondary N) is 2. The lowest BCUT2D eigenvalue weighted by molar-refractivity contribution is 0.0956. The Labute approximate surface area is 122 Å². The minimum atomic E-state index is -0.0719. The van der Waals surface area contributed by atoms with Crippen LogP contribution in [-0.4, -0.2) is 19.0 Å². The molecule has 1 aromatic rings. The Bertz CT molecular complexity index is 467. The van der Waals surface area contributed by atoms with E-state index in [0.717, 1.165) is 12.2 Å². The van der Waals surface area contributed by atoms with Crippen LogP contribution in [-0.2, 0) is 0 Å². The highest BCUT2D eigenvalue weighted by Crippen LogP contribution is 2.28. The van der Waals surface area contributed by atoms with Crippen molar-refractivity contribution in [3.8, 4) is 0 Å². The molecule has 0 unspecified atom stereocenters. The van der Waals surface area contributed by atoms with Gasteiger partial charge < -0.3 is 16.4 Å². The normalized spacial score (nSPS) is 11.5. The fourth-order valence-electron chi connectivity index (χ4n) is 1.69. The van der Waals surface area contributed by atoms with E-state index < -0.39 is 0 Å². The first kappa shape index (κ1) is 16.3. The molecule has 0 aliphatic rings. The van der Waals surface area contributed by atoms with Gasteiger partial charge in [-0.25, -0.2) is 0 Å². The van der Waals surface area contributed by atoms with E-state index in [2.05, 4.69) is 38.3 Å². The van der Waals surface area contributed by atoms with Gasteiger partial charge in [0.2, 0.25) is 0 Å². The van der Waals surface area contributed by atoms with Crippen molar-refractivity contribution in [3.05, 3.63) is 23.8 Å². The van der Waals surface area contributed by atoms with E-state index in [1.807, 2.05) is 13.0 Å². The largest absolute Gasteiger partial charge is 0.399 e. The van der Waals surface area contributed by atoms with Crippen LogP contribution in [0, 0.1) is 11.3 Å². The molecule has 0 aromatic heterocycles. The van der Waals surface area contributed by atoms with Crippen LogP contribution in [0.2, 0.25) is 0 Å². The van der Waals surface area contributed by atoms with Crippen LogP contribution in [0.5, 0.6) is 0 Å². The number of nitrogen functional groups attached to an aromatic ring is 1. The molecule has 20 heavy (non-hydrogen) atoms. The molecule has 0 atom stereocenters. The smallest absolute Gasteiger partial charge is 0.253 e. The van der Waals surface area contributed by atoms with Gasteiger partial charge in [-0.15, -0.1) is 0 Å². The van der Waals surface area contributed by atoms with Gasteiger partial charge in [0.05, 0.1) is 5.56 Å². The van der Waals surface area contributed by atoms with Gasteiger partial charge in [-0.05, 0) is 36.5 Å². The third-order valence-corrected chi connectivity index (χ3v) is 3.92. The van der Waals surface area contributed by atoms with Gasteiger partial charge in [-0.1, -0.05) is 27.7 Å². The lowest BCUT2D eigenvalue weighted by Gasteiger charge is -2.30. The number of nitrogens with two attached hydrogens (primary N) is 1. The molecular formula is C16H27N3O. The van der Waals surface area contributed by atoms with Crippen molar-refractivity contribution in [1.82, 2.24) is 5.32 Å². The second-order valence-corrected chi connectivity index (χ2v) is 6.16. The number of hydrogen-bond acceptors (Lipinski definition) is 3. The standard InChI is InChI=1S/C16H27N3O/c1-6-18-15(20)13-8-7-12(17)9-14(13)19-10-16(4,5)11(2)3/h7-9,11,19H,6,10,17H2,1-5H3,(H,18,20). The van der Waals surface area contributed by atoms with Gasteiger partial charge in [0.15, 0.2) is 0 Å². The zero-order valence-electron chi connectivity index (χ0n) is 13.2. The number of amides is 1. The predicted molar refractivity (Wildman–Crippen MR) is 86.0 cm³/mol. The molecule has 4 heteroatoms. The quantitative estimate of drug-likeness (QED) is 0.700. The summed E-state index contributed by atoms with van der Waals surface area (Å²) in [5, 5.41) is 6.20. The minimum Gasteiger partial charge on any atom is -0.399 e. The van der Waals surface area contributed by atoms with Crippen LogP contribution >= 0.6 is 0 Å². The van der Waals surface area contributed by atoms with Gasteiger partial charge >= 0.3 is 0 Å². The van der Waals surface area contributed by atoms with Crippen molar-refractivity contribution < 1.29 is 4.79 Å². The number of benzene rings is 1. The maximum atomic E-state index is 12.0. The monoisotopic (exact) mass is 277 g/mol. The number of rotatable bonds is 6. The molecule has 0 spiro atoms.